The Hall–Kier alpha value is -2.25. The summed E-state index contributed by atoms with van der Waals surface area (Å²) in [6, 6.07) is 16.2. The molecule has 4 nitrogen and oxygen atoms in total. The van der Waals surface area contributed by atoms with Gasteiger partial charge in [-0.15, -0.1) is 0 Å². The van der Waals surface area contributed by atoms with Crippen LogP contribution in [0.2, 0.25) is 0 Å². The maximum atomic E-state index is 13.6. The van der Waals surface area contributed by atoms with Crippen LogP contribution in [0, 0.1) is 5.82 Å². The molecule has 1 heterocycles. The molecule has 0 bridgehead atoms. The van der Waals surface area contributed by atoms with Crippen LogP contribution in [0.3, 0.4) is 0 Å². The molecule has 0 aliphatic rings. The molecule has 24 heavy (non-hydrogen) atoms. The minimum absolute atomic E-state index is 0.286. The van der Waals surface area contributed by atoms with Crippen LogP contribution in [-0.4, -0.2) is 14.9 Å². The van der Waals surface area contributed by atoms with Gasteiger partial charge in [-0.05, 0) is 42.0 Å². The van der Waals surface area contributed by atoms with Crippen LogP contribution in [0.15, 0.2) is 65.3 Å². The molecule has 3 aromatic rings. The van der Waals surface area contributed by atoms with Crippen molar-refractivity contribution >= 4 is 44.8 Å². The average Bonchev–Trinajstić information content (AvgIpc) is 2.99. The Kier molecular flexibility index (Phi) is 5.22. The van der Waals surface area contributed by atoms with Gasteiger partial charge in [0.15, 0.2) is 10.9 Å². The predicted octanol–water partition coefficient (Wildman–Crippen LogP) is 4.64. The second kappa shape index (κ2) is 7.55. The van der Waals surface area contributed by atoms with E-state index < -0.39 is 0 Å². The van der Waals surface area contributed by atoms with E-state index in [0.29, 0.717) is 18.1 Å². The number of aromatic nitrogens is 2. The van der Waals surface area contributed by atoms with Gasteiger partial charge < -0.3 is 10.6 Å². The second-order valence-electron chi connectivity index (χ2n) is 5.08. The fraction of sp³-hybridized carbons (Fsp3) is 0.0588. The molecule has 7 heteroatoms. The van der Waals surface area contributed by atoms with Crippen molar-refractivity contribution in [3.8, 4) is 0 Å². The third-order valence-electron chi connectivity index (χ3n) is 3.26. The summed E-state index contributed by atoms with van der Waals surface area (Å²) in [5.74, 6) is 0.239. The van der Waals surface area contributed by atoms with Crippen molar-refractivity contribution in [2.24, 2.45) is 0 Å². The number of thiocarbonyl (C=S) groups is 1. The lowest BCUT2D eigenvalue weighted by Gasteiger charge is -2.09. The lowest BCUT2D eigenvalue weighted by atomic mass is 10.2. The molecule has 0 aliphatic carbocycles. The van der Waals surface area contributed by atoms with Gasteiger partial charge in [0.25, 0.3) is 0 Å². The summed E-state index contributed by atoms with van der Waals surface area (Å²) in [6.45, 7) is 0.655. The minimum atomic E-state index is -0.359. The van der Waals surface area contributed by atoms with Gasteiger partial charge in [-0.1, -0.05) is 40.2 Å². The van der Waals surface area contributed by atoms with E-state index in [1.165, 1.54) is 6.07 Å². The molecule has 0 atom stereocenters. The number of halogens is 2. The van der Waals surface area contributed by atoms with Gasteiger partial charge >= 0.3 is 0 Å². The molecular weight excluding hydrogens is 391 g/mol. The Morgan fingerprint density at radius 1 is 1.08 bits per heavy atom. The summed E-state index contributed by atoms with van der Waals surface area (Å²) >= 11 is 8.60. The van der Waals surface area contributed by atoms with Gasteiger partial charge in [0.2, 0.25) is 0 Å². The number of hydrogen-bond acceptors (Lipinski definition) is 2. The first-order chi connectivity index (χ1) is 11.6. The quantitative estimate of drug-likeness (QED) is 0.621. The van der Waals surface area contributed by atoms with Gasteiger partial charge in [-0.25, -0.2) is 4.39 Å². The number of benzene rings is 2. The number of rotatable bonds is 4. The zero-order valence-electron chi connectivity index (χ0n) is 12.5. The van der Waals surface area contributed by atoms with E-state index in [2.05, 4.69) is 31.7 Å². The molecule has 2 aromatic carbocycles. The molecule has 2 N–H and O–H groups in total. The van der Waals surface area contributed by atoms with Crippen LogP contribution < -0.4 is 10.6 Å². The van der Waals surface area contributed by atoms with Crippen molar-refractivity contribution in [1.82, 2.24) is 9.78 Å². The van der Waals surface area contributed by atoms with E-state index in [1.54, 1.807) is 22.9 Å². The summed E-state index contributed by atoms with van der Waals surface area (Å²) in [7, 11) is 0. The Bertz CT molecular complexity index is 848. The fourth-order valence-corrected chi connectivity index (χ4v) is 2.60. The molecule has 0 amide bonds. The standard InChI is InChI=1S/C17H14BrFN4S/c18-13-7-5-12(6-8-13)11-23-10-9-16(22-23)21-17(24)20-15-4-2-1-3-14(15)19/h1-10H,11H2,(H2,20,21,22,24). The SMILES string of the molecule is Fc1ccccc1NC(=S)Nc1ccn(Cc2ccc(Br)cc2)n1. The molecule has 3 rings (SSSR count). The number of anilines is 2. The highest BCUT2D eigenvalue weighted by atomic mass is 79.9. The lowest BCUT2D eigenvalue weighted by Crippen LogP contribution is -2.20. The van der Waals surface area contributed by atoms with Crippen LogP contribution in [0.1, 0.15) is 5.56 Å². The maximum Gasteiger partial charge on any atom is 0.176 e. The Balaban J connectivity index is 1.60. The largest absolute Gasteiger partial charge is 0.330 e. The van der Waals surface area contributed by atoms with Crippen molar-refractivity contribution in [3.05, 3.63) is 76.6 Å². The zero-order valence-corrected chi connectivity index (χ0v) is 14.9. The first-order valence-corrected chi connectivity index (χ1v) is 8.41. The third-order valence-corrected chi connectivity index (χ3v) is 3.99. The topological polar surface area (TPSA) is 41.9 Å². The van der Waals surface area contributed by atoms with E-state index in [1.807, 2.05) is 36.5 Å². The second-order valence-corrected chi connectivity index (χ2v) is 6.41. The smallest absolute Gasteiger partial charge is 0.176 e. The van der Waals surface area contributed by atoms with Crippen molar-refractivity contribution in [2.75, 3.05) is 10.6 Å². The summed E-state index contributed by atoms with van der Waals surface area (Å²) in [6.07, 6.45) is 1.86. The number of hydrogen-bond donors (Lipinski definition) is 2. The normalized spacial score (nSPS) is 10.4. The van der Waals surface area contributed by atoms with Crippen LogP contribution >= 0.6 is 28.1 Å². The number of para-hydroxylation sites is 1. The molecular formula is C17H14BrFN4S. The Morgan fingerprint density at radius 2 is 1.83 bits per heavy atom. The van der Waals surface area contributed by atoms with Crippen LogP contribution in [0.25, 0.3) is 0 Å². The first kappa shape index (κ1) is 16.6. The molecule has 1 aromatic heterocycles. The van der Waals surface area contributed by atoms with Crippen molar-refractivity contribution < 1.29 is 4.39 Å². The Labute approximate surface area is 152 Å². The molecule has 0 radical (unpaired) electrons. The van der Waals surface area contributed by atoms with Gasteiger partial charge in [0.05, 0.1) is 12.2 Å². The fourth-order valence-electron chi connectivity index (χ4n) is 2.13. The minimum Gasteiger partial charge on any atom is -0.330 e. The van der Waals surface area contributed by atoms with E-state index >= 15 is 0 Å². The highest BCUT2D eigenvalue weighted by Gasteiger charge is 2.05. The van der Waals surface area contributed by atoms with Crippen molar-refractivity contribution in [2.45, 2.75) is 6.54 Å². The molecule has 0 spiro atoms. The van der Waals surface area contributed by atoms with E-state index in [0.717, 1.165) is 10.0 Å². The van der Waals surface area contributed by atoms with Crippen LogP contribution in [-0.2, 0) is 6.54 Å². The van der Waals surface area contributed by atoms with Gasteiger partial charge in [-0.2, -0.15) is 5.10 Å². The highest BCUT2D eigenvalue weighted by molar-refractivity contribution is 9.10. The molecule has 0 unspecified atom stereocenters. The van der Waals surface area contributed by atoms with Crippen molar-refractivity contribution in [1.29, 1.82) is 0 Å². The average molecular weight is 405 g/mol. The van der Waals surface area contributed by atoms with Gasteiger partial charge in [0.1, 0.15) is 5.82 Å². The lowest BCUT2D eigenvalue weighted by molar-refractivity contribution is 0.632. The zero-order chi connectivity index (χ0) is 16.9. The summed E-state index contributed by atoms with van der Waals surface area (Å²) in [4.78, 5) is 0. The number of nitrogens with zero attached hydrogens (tertiary/aromatic N) is 2. The summed E-state index contributed by atoms with van der Waals surface area (Å²) in [5, 5.41) is 10.5. The summed E-state index contributed by atoms with van der Waals surface area (Å²) < 4.78 is 16.4. The van der Waals surface area contributed by atoms with Crippen molar-refractivity contribution in [3.63, 3.8) is 0 Å². The van der Waals surface area contributed by atoms with E-state index in [4.69, 9.17) is 12.2 Å². The van der Waals surface area contributed by atoms with Crippen LogP contribution in [0.4, 0.5) is 15.9 Å². The summed E-state index contributed by atoms with van der Waals surface area (Å²) in [5.41, 5.74) is 1.46. The molecule has 0 saturated carbocycles. The number of nitrogens with one attached hydrogen (secondary N) is 2. The highest BCUT2D eigenvalue weighted by Crippen LogP contribution is 2.14. The van der Waals surface area contributed by atoms with Gasteiger partial charge in [0, 0.05) is 16.7 Å². The molecule has 0 saturated heterocycles. The maximum absolute atomic E-state index is 13.6. The van der Waals surface area contributed by atoms with Gasteiger partial charge in [-0.3, -0.25) is 4.68 Å². The molecule has 122 valence electrons. The monoisotopic (exact) mass is 404 g/mol. The first-order valence-electron chi connectivity index (χ1n) is 7.20. The third kappa shape index (κ3) is 4.39. The Morgan fingerprint density at radius 3 is 2.58 bits per heavy atom. The van der Waals surface area contributed by atoms with E-state index in [-0.39, 0.29) is 10.9 Å². The molecule has 0 fully saturated rings. The van der Waals surface area contributed by atoms with E-state index in [9.17, 15) is 4.39 Å². The van der Waals surface area contributed by atoms with Crippen LogP contribution in [0.5, 0.6) is 0 Å². The molecule has 0 aliphatic heterocycles. The predicted molar refractivity (Wildman–Crippen MR) is 102 cm³/mol.